The van der Waals surface area contributed by atoms with Crippen molar-refractivity contribution in [1.82, 2.24) is 9.80 Å². The van der Waals surface area contributed by atoms with Gasteiger partial charge in [0.25, 0.3) is 0 Å². The molecule has 30 heavy (non-hydrogen) atoms. The Labute approximate surface area is 179 Å². The Balaban J connectivity index is 1.51. The molecule has 6 heteroatoms. The predicted octanol–water partition coefficient (Wildman–Crippen LogP) is 2.75. The number of rotatable bonds is 6. The van der Waals surface area contributed by atoms with Crippen molar-refractivity contribution in [3.8, 4) is 0 Å². The first-order chi connectivity index (χ1) is 14.7. The Morgan fingerprint density at radius 3 is 2.47 bits per heavy atom. The number of ether oxygens (including phenoxy) is 2. The monoisotopic (exact) mass is 414 g/mol. The van der Waals surface area contributed by atoms with E-state index in [1.807, 2.05) is 28.0 Å². The molecule has 1 unspecified atom stereocenters. The Bertz CT molecular complexity index is 726. The number of hydrogen-bond acceptors (Lipinski definition) is 4. The van der Waals surface area contributed by atoms with Crippen molar-refractivity contribution in [2.75, 3.05) is 40.0 Å². The van der Waals surface area contributed by atoms with Gasteiger partial charge in [-0.25, -0.2) is 0 Å². The highest BCUT2D eigenvalue weighted by Crippen LogP contribution is 2.43. The Morgan fingerprint density at radius 2 is 1.80 bits per heavy atom. The second-order valence-corrected chi connectivity index (χ2v) is 8.93. The van der Waals surface area contributed by atoms with Crippen LogP contribution in [0.2, 0.25) is 0 Å². The second kappa shape index (κ2) is 9.48. The standard InChI is InChI=1S/C24H34N2O4/c1-29-18-22(27)26(20-10-15-30-16-11-20)21-9-14-25(17-21)23(28)24(12-5-6-13-24)19-7-3-2-4-8-19/h2-4,7-8,20-21H,5-6,9-18H2,1H3. The predicted molar refractivity (Wildman–Crippen MR) is 114 cm³/mol. The van der Waals surface area contributed by atoms with Gasteiger partial charge in [0.2, 0.25) is 11.8 Å². The molecule has 0 N–H and O–H groups in total. The van der Waals surface area contributed by atoms with Crippen LogP contribution in [0.25, 0.3) is 0 Å². The van der Waals surface area contributed by atoms with Crippen LogP contribution in [0, 0.1) is 0 Å². The molecule has 1 aliphatic carbocycles. The molecule has 0 aromatic heterocycles. The minimum Gasteiger partial charge on any atom is -0.381 e. The van der Waals surface area contributed by atoms with Crippen LogP contribution in [0.3, 0.4) is 0 Å². The van der Waals surface area contributed by atoms with E-state index in [1.54, 1.807) is 7.11 Å². The fraction of sp³-hybridized carbons (Fsp3) is 0.667. The highest BCUT2D eigenvalue weighted by molar-refractivity contribution is 5.89. The van der Waals surface area contributed by atoms with Crippen LogP contribution in [0.15, 0.2) is 30.3 Å². The van der Waals surface area contributed by atoms with Gasteiger partial charge in [-0.15, -0.1) is 0 Å². The van der Waals surface area contributed by atoms with E-state index in [0.717, 1.165) is 57.1 Å². The molecule has 164 valence electrons. The molecule has 3 fully saturated rings. The zero-order chi connectivity index (χ0) is 21.0. The lowest BCUT2D eigenvalue weighted by atomic mass is 9.77. The average molecular weight is 415 g/mol. The number of likely N-dealkylation sites (tertiary alicyclic amines) is 1. The lowest BCUT2D eigenvalue weighted by Crippen LogP contribution is -2.52. The summed E-state index contributed by atoms with van der Waals surface area (Å²) in [7, 11) is 1.56. The van der Waals surface area contributed by atoms with Gasteiger partial charge in [-0.2, -0.15) is 0 Å². The zero-order valence-electron chi connectivity index (χ0n) is 18.1. The van der Waals surface area contributed by atoms with Crippen molar-refractivity contribution >= 4 is 11.8 Å². The summed E-state index contributed by atoms with van der Waals surface area (Å²) in [5.74, 6) is 0.280. The van der Waals surface area contributed by atoms with Crippen LogP contribution in [0.5, 0.6) is 0 Å². The second-order valence-electron chi connectivity index (χ2n) is 8.93. The molecule has 1 aromatic rings. The fourth-order valence-electron chi connectivity index (χ4n) is 5.68. The summed E-state index contributed by atoms with van der Waals surface area (Å²) in [4.78, 5) is 30.7. The number of amides is 2. The lowest BCUT2D eigenvalue weighted by Gasteiger charge is -2.39. The molecule has 4 rings (SSSR count). The molecule has 2 amide bonds. The molecule has 1 aromatic carbocycles. The zero-order valence-corrected chi connectivity index (χ0v) is 18.1. The van der Waals surface area contributed by atoms with Crippen LogP contribution in [0.4, 0.5) is 0 Å². The third kappa shape index (κ3) is 4.12. The van der Waals surface area contributed by atoms with Crippen molar-refractivity contribution in [3.63, 3.8) is 0 Å². The third-order valence-corrected chi connectivity index (χ3v) is 7.18. The molecule has 0 bridgehead atoms. The summed E-state index contributed by atoms with van der Waals surface area (Å²) in [5, 5.41) is 0. The average Bonchev–Trinajstić information content (AvgIpc) is 3.46. The van der Waals surface area contributed by atoms with Gasteiger partial charge in [-0.1, -0.05) is 43.2 Å². The van der Waals surface area contributed by atoms with E-state index >= 15 is 0 Å². The molecular formula is C24H34N2O4. The van der Waals surface area contributed by atoms with Crippen molar-refractivity contribution < 1.29 is 19.1 Å². The first kappa shape index (κ1) is 21.3. The van der Waals surface area contributed by atoms with Crippen molar-refractivity contribution in [2.24, 2.45) is 0 Å². The summed E-state index contributed by atoms with van der Waals surface area (Å²) >= 11 is 0. The number of carbonyl (C=O) groups excluding carboxylic acids is 2. The Kier molecular flexibility index (Phi) is 6.74. The molecule has 0 spiro atoms. The van der Waals surface area contributed by atoms with Crippen LogP contribution < -0.4 is 0 Å². The molecule has 2 aliphatic heterocycles. The van der Waals surface area contributed by atoms with Crippen LogP contribution in [0.1, 0.15) is 50.5 Å². The van der Waals surface area contributed by atoms with Gasteiger partial charge in [0.05, 0.1) is 11.5 Å². The van der Waals surface area contributed by atoms with Crippen molar-refractivity contribution in [1.29, 1.82) is 0 Å². The number of methoxy groups -OCH3 is 1. The van der Waals surface area contributed by atoms with Crippen LogP contribution in [-0.2, 0) is 24.5 Å². The highest BCUT2D eigenvalue weighted by atomic mass is 16.5. The highest BCUT2D eigenvalue weighted by Gasteiger charge is 2.47. The van der Waals surface area contributed by atoms with Crippen molar-refractivity contribution in [3.05, 3.63) is 35.9 Å². The Morgan fingerprint density at radius 1 is 1.10 bits per heavy atom. The van der Waals surface area contributed by atoms with E-state index in [4.69, 9.17) is 9.47 Å². The van der Waals surface area contributed by atoms with Gasteiger partial charge >= 0.3 is 0 Å². The number of hydrogen-bond donors (Lipinski definition) is 0. The summed E-state index contributed by atoms with van der Waals surface area (Å²) < 4.78 is 10.7. The van der Waals surface area contributed by atoms with Gasteiger partial charge < -0.3 is 19.3 Å². The molecule has 2 saturated heterocycles. The van der Waals surface area contributed by atoms with Gasteiger partial charge in [-0.05, 0) is 37.7 Å². The van der Waals surface area contributed by atoms with E-state index in [1.165, 1.54) is 0 Å². The Hall–Kier alpha value is -1.92. The van der Waals surface area contributed by atoms with Gasteiger partial charge in [0, 0.05) is 39.5 Å². The minimum absolute atomic E-state index is 0.0299. The van der Waals surface area contributed by atoms with Crippen LogP contribution >= 0.6 is 0 Å². The lowest BCUT2D eigenvalue weighted by molar-refractivity contribution is -0.143. The molecule has 1 saturated carbocycles. The van der Waals surface area contributed by atoms with E-state index in [9.17, 15) is 9.59 Å². The third-order valence-electron chi connectivity index (χ3n) is 7.18. The maximum Gasteiger partial charge on any atom is 0.249 e. The maximum atomic E-state index is 13.8. The van der Waals surface area contributed by atoms with Gasteiger partial charge in [0.15, 0.2) is 0 Å². The fourth-order valence-corrected chi connectivity index (χ4v) is 5.68. The van der Waals surface area contributed by atoms with Gasteiger partial charge in [0.1, 0.15) is 6.61 Å². The quantitative estimate of drug-likeness (QED) is 0.718. The number of benzene rings is 1. The smallest absolute Gasteiger partial charge is 0.249 e. The maximum absolute atomic E-state index is 13.8. The normalized spacial score (nSPS) is 24.2. The first-order valence-electron chi connectivity index (χ1n) is 11.4. The van der Waals surface area contributed by atoms with Crippen molar-refractivity contribution in [2.45, 2.75) is 62.4 Å². The summed E-state index contributed by atoms with van der Waals surface area (Å²) in [5.41, 5.74) is 0.753. The molecule has 2 heterocycles. The SMILES string of the molecule is COCC(=O)N(C1CCOCC1)C1CCN(C(=O)C2(c3ccccc3)CCCC2)C1. The molecule has 3 aliphatic rings. The summed E-state index contributed by atoms with van der Waals surface area (Å²) in [6, 6.07) is 10.5. The van der Waals surface area contributed by atoms with Crippen LogP contribution in [-0.4, -0.2) is 73.7 Å². The molecular weight excluding hydrogens is 380 g/mol. The number of nitrogens with zero attached hydrogens (tertiary/aromatic N) is 2. The largest absolute Gasteiger partial charge is 0.381 e. The molecule has 1 atom stereocenters. The minimum atomic E-state index is -0.393. The van der Waals surface area contributed by atoms with Gasteiger partial charge in [-0.3, -0.25) is 9.59 Å². The van der Waals surface area contributed by atoms with E-state index < -0.39 is 5.41 Å². The van der Waals surface area contributed by atoms with E-state index in [0.29, 0.717) is 19.8 Å². The summed E-state index contributed by atoms with van der Waals surface area (Å²) in [6.07, 6.45) is 6.58. The number of carbonyl (C=O) groups is 2. The topological polar surface area (TPSA) is 59.1 Å². The molecule has 0 radical (unpaired) electrons. The molecule has 6 nitrogen and oxygen atoms in total. The van der Waals surface area contributed by atoms with E-state index in [-0.39, 0.29) is 30.5 Å². The van der Waals surface area contributed by atoms with E-state index in [2.05, 4.69) is 12.1 Å². The summed E-state index contributed by atoms with van der Waals surface area (Å²) in [6.45, 7) is 2.82. The first-order valence-corrected chi connectivity index (χ1v) is 11.4.